The largest absolute Gasteiger partial charge is 0.479 e. The van der Waals surface area contributed by atoms with Crippen LogP contribution in [-0.4, -0.2) is 27.4 Å². The highest BCUT2D eigenvalue weighted by Gasteiger charge is 2.40. The van der Waals surface area contributed by atoms with Gasteiger partial charge >= 0.3 is 5.97 Å². The van der Waals surface area contributed by atoms with Gasteiger partial charge in [-0.2, -0.15) is 0 Å². The molecule has 132 valence electrons. The molecule has 0 saturated heterocycles. The first kappa shape index (κ1) is 18.9. The van der Waals surface area contributed by atoms with Crippen molar-refractivity contribution < 1.29 is 18.9 Å². The Morgan fingerprint density at radius 3 is 2.36 bits per heavy atom. The Kier molecular flexibility index (Phi) is 6.09. The molecule has 2 atom stereocenters. The molecule has 5 nitrogen and oxygen atoms in total. The van der Waals surface area contributed by atoms with Crippen LogP contribution in [0.5, 0.6) is 0 Å². The smallest absolute Gasteiger partial charge is 0.334 e. The van der Waals surface area contributed by atoms with Crippen LogP contribution in [0.1, 0.15) is 34.8 Å². The van der Waals surface area contributed by atoms with Crippen LogP contribution in [0.15, 0.2) is 54.6 Å². The Balaban J connectivity index is 2.35. The summed E-state index contributed by atoms with van der Waals surface area (Å²) in [5.74, 6) is -1.24. The first-order valence-corrected chi connectivity index (χ1v) is 9.62. The summed E-state index contributed by atoms with van der Waals surface area (Å²) < 4.78 is 11.4. The van der Waals surface area contributed by atoms with E-state index in [9.17, 15) is 18.9 Å². The standard InChI is InChI=1S/C19H21NO4S/c1-3-19(18(22)23,16-10-5-4-6-11-16)20-17(21)15-9-7-8-14(12-15)13-25(2)24/h4-12H,3,13H2,1-2H3,(H,20,21)(H,22,23). The molecule has 0 aromatic heterocycles. The van der Waals surface area contributed by atoms with Crippen molar-refractivity contribution in [2.75, 3.05) is 6.26 Å². The second kappa shape index (κ2) is 8.07. The minimum atomic E-state index is -1.50. The van der Waals surface area contributed by atoms with Crippen molar-refractivity contribution in [3.63, 3.8) is 0 Å². The van der Waals surface area contributed by atoms with Crippen molar-refractivity contribution in [1.82, 2.24) is 5.32 Å². The zero-order valence-electron chi connectivity index (χ0n) is 14.2. The molecule has 2 aromatic rings. The first-order valence-electron chi connectivity index (χ1n) is 7.89. The number of nitrogens with one attached hydrogen (secondary N) is 1. The quantitative estimate of drug-likeness (QED) is 0.796. The molecule has 2 rings (SSSR count). The molecule has 0 heterocycles. The lowest BCUT2D eigenvalue weighted by molar-refractivity contribution is -0.145. The number of amides is 1. The Morgan fingerprint density at radius 1 is 1.12 bits per heavy atom. The molecule has 0 spiro atoms. The van der Waals surface area contributed by atoms with Crippen molar-refractivity contribution in [2.45, 2.75) is 24.6 Å². The second-order valence-electron chi connectivity index (χ2n) is 5.80. The number of carboxylic acids is 1. The third kappa shape index (κ3) is 4.33. The second-order valence-corrected chi connectivity index (χ2v) is 7.24. The van der Waals surface area contributed by atoms with E-state index in [0.29, 0.717) is 16.9 Å². The van der Waals surface area contributed by atoms with Crippen molar-refractivity contribution in [3.05, 3.63) is 71.3 Å². The van der Waals surface area contributed by atoms with E-state index in [-0.39, 0.29) is 6.42 Å². The number of carbonyl (C=O) groups is 2. The van der Waals surface area contributed by atoms with E-state index in [2.05, 4.69) is 5.32 Å². The SMILES string of the molecule is CCC(NC(=O)c1cccc(CS(C)=O)c1)(C(=O)O)c1ccccc1. The van der Waals surface area contributed by atoms with Crippen LogP contribution >= 0.6 is 0 Å². The Hall–Kier alpha value is -2.47. The van der Waals surface area contributed by atoms with Gasteiger partial charge in [0.25, 0.3) is 5.91 Å². The average molecular weight is 359 g/mol. The maximum atomic E-state index is 12.7. The molecule has 1 amide bonds. The summed E-state index contributed by atoms with van der Waals surface area (Å²) in [5, 5.41) is 12.5. The number of carbonyl (C=O) groups excluding carboxylic acids is 1. The van der Waals surface area contributed by atoms with Gasteiger partial charge in [-0.15, -0.1) is 0 Å². The van der Waals surface area contributed by atoms with Crippen LogP contribution in [0.4, 0.5) is 0 Å². The van der Waals surface area contributed by atoms with E-state index >= 15 is 0 Å². The third-order valence-electron chi connectivity index (χ3n) is 4.05. The molecule has 0 fully saturated rings. The molecule has 0 radical (unpaired) electrons. The number of benzene rings is 2. The molecule has 0 aliphatic heterocycles. The number of carboxylic acid groups (broad SMARTS) is 1. The molecule has 0 aliphatic carbocycles. The van der Waals surface area contributed by atoms with Gasteiger partial charge in [0.15, 0.2) is 5.54 Å². The molecule has 25 heavy (non-hydrogen) atoms. The highest BCUT2D eigenvalue weighted by atomic mass is 32.2. The fourth-order valence-electron chi connectivity index (χ4n) is 2.72. The summed E-state index contributed by atoms with van der Waals surface area (Å²) in [6.07, 6.45) is 1.80. The minimum Gasteiger partial charge on any atom is -0.479 e. The van der Waals surface area contributed by atoms with Gasteiger partial charge in [-0.25, -0.2) is 4.79 Å². The van der Waals surface area contributed by atoms with Crippen LogP contribution in [0.2, 0.25) is 0 Å². The lowest BCUT2D eigenvalue weighted by atomic mass is 9.87. The zero-order valence-corrected chi connectivity index (χ0v) is 15.0. The van der Waals surface area contributed by atoms with Gasteiger partial charge in [0.1, 0.15) is 0 Å². The van der Waals surface area contributed by atoms with Crippen LogP contribution in [0.3, 0.4) is 0 Å². The van der Waals surface area contributed by atoms with Crippen molar-refractivity contribution >= 4 is 22.7 Å². The van der Waals surface area contributed by atoms with Crippen molar-refractivity contribution in [3.8, 4) is 0 Å². The molecular formula is C19H21NO4S. The van der Waals surface area contributed by atoms with E-state index in [1.54, 1.807) is 67.8 Å². The highest BCUT2D eigenvalue weighted by molar-refractivity contribution is 7.83. The molecule has 2 aromatic carbocycles. The van der Waals surface area contributed by atoms with E-state index in [0.717, 1.165) is 5.56 Å². The van der Waals surface area contributed by atoms with Crippen LogP contribution in [0, 0.1) is 0 Å². The highest BCUT2D eigenvalue weighted by Crippen LogP contribution is 2.26. The molecule has 6 heteroatoms. The van der Waals surface area contributed by atoms with Crippen molar-refractivity contribution in [1.29, 1.82) is 0 Å². The van der Waals surface area contributed by atoms with E-state index in [1.165, 1.54) is 0 Å². The van der Waals surface area contributed by atoms with E-state index in [1.807, 2.05) is 0 Å². The normalized spacial score (nSPS) is 14.3. The van der Waals surface area contributed by atoms with Gasteiger partial charge in [-0.05, 0) is 29.7 Å². The number of hydrogen-bond acceptors (Lipinski definition) is 3. The Morgan fingerprint density at radius 2 is 1.80 bits per heavy atom. The first-order chi connectivity index (χ1) is 11.9. The van der Waals surface area contributed by atoms with Gasteiger partial charge < -0.3 is 10.4 Å². The maximum Gasteiger partial charge on any atom is 0.334 e. The molecule has 0 saturated carbocycles. The Labute approximate surface area is 149 Å². The predicted octanol–water partition coefficient (Wildman–Crippen LogP) is 2.69. The van der Waals surface area contributed by atoms with Gasteiger partial charge in [-0.1, -0.05) is 49.4 Å². The lowest BCUT2D eigenvalue weighted by Gasteiger charge is -2.30. The third-order valence-corrected chi connectivity index (χ3v) is 4.79. The summed E-state index contributed by atoms with van der Waals surface area (Å²) in [4.78, 5) is 24.7. The number of rotatable bonds is 7. The molecule has 0 bridgehead atoms. The molecular weight excluding hydrogens is 338 g/mol. The predicted molar refractivity (Wildman–Crippen MR) is 97.7 cm³/mol. The van der Waals surface area contributed by atoms with Crippen LogP contribution in [-0.2, 0) is 26.9 Å². The fourth-order valence-corrected chi connectivity index (χ4v) is 3.37. The molecule has 0 aliphatic rings. The summed E-state index contributed by atoms with van der Waals surface area (Å²) in [6.45, 7) is 1.72. The number of aliphatic carboxylic acids is 1. The fraction of sp³-hybridized carbons (Fsp3) is 0.263. The maximum absolute atomic E-state index is 12.7. The Bertz CT molecular complexity index is 791. The summed E-state index contributed by atoms with van der Waals surface area (Å²) in [5.41, 5.74) is 0.134. The molecule has 2 unspecified atom stereocenters. The minimum absolute atomic E-state index is 0.205. The van der Waals surface area contributed by atoms with E-state index < -0.39 is 28.2 Å². The van der Waals surface area contributed by atoms with E-state index in [4.69, 9.17) is 0 Å². The van der Waals surface area contributed by atoms with Crippen molar-refractivity contribution in [2.24, 2.45) is 0 Å². The monoisotopic (exact) mass is 359 g/mol. The van der Waals surface area contributed by atoms with Gasteiger partial charge in [0, 0.05) is 28.4 Å². The summed E-state index contributed by atoms with van der Waals surface area (Å²) in [7, 11) is -1.02. The van der Waals surface area contributed by atoms with Gasteiger partial charge in [0.2, 0.25) is 0 Å². The van der Waals surface area contributed by atoms with Gasteiger partial charge in [-0.3, -0.25) is 9.00 Å². The molecule has 2 N–H and O–H groups in total. The van der Waals surface area contributed by atoms with Crippen LogP contribution in [0.25, 0.3) is 0 Å². The van der Waals surface area contributed by atoms with Crippen LogP contribution < -0.4 is 5.32 Å². The zero-order chi connectivity index (χ0) is 18.4. The lowest BCUT2D eigenvalue weighted by Crippen LogP contribution is -2.51. The topological polar surface area (TPSA) is 83.5 Å². The van der Waals surface area contributed by atoms with Gasteiger partial charge in [0.05, 0.1) is 0 Å². The summed E-state index contributed by atoms with van der Waals surface area (Å²) in [6, 6.07) is 15.4. The summed E-state index contributed by atoms with van der Waals surface area (Å²) >= 11 is 0. The number of hydrogen-bond donors (Lipinski definition) is 2. The average Bonchev–Trinajstić information content (AvgIpc) is 2.59.